The lowest BCUT2D eigenvalue weighted by Crippen LogP contribution is -2.24. The van der Waals surface area contributed by atoms with Gasteiger partial charge in [0.1, 0.15) is 12.2 Å². The summed E-state index contributed by atoms with van der Waals surface area (Å²) in [6, 6.07) is 11.3. The highest BCUT2D eigenvalue weighted by Gasteiger charge is 2.12. The molecule has 8 heteroatoms. The Balaban J connectivity index is 1.87. The molecule has 24 heavy (non-hydrogen) atoms. The molecule has 0 heterocycles. The Hall–Kier alpha value is -2.57. The standard InChI is InChI=1S/C16H13Cl2N3O3/c17-11-5-3-6-12(16(11)18)20-14(23)8-15(24)21-19-9-10-4-1-2-7-13(10)22/h1-7,9,22H,8H2,(H,20,23)(H,21,24). The van der Waals surface area contributed by atoms with E-state index in [-0.39, 0.29) is 10.8 Å². The van der Waals surface area contributed by atoms with E-state index in [2.05, 4.69) is 15.8 Å². The molecule has 124 valence electrons. The maximum absolute atomic E-state index is 11.8. The smallest absolute Gasteiger partial charge is 0.249 e. The van der Waals surface area contributed by atoms with Crippen LogP contribution in [0.2, 0.25) is 10.0 Å². The number of amides is 2. The highest BCUT2D eigenvalue weighted by atomic mass is 35.5. The number of hydrogen-bond acceptors (Lipinski definition) is 4. The topological polar surface area (TPSA) is 90.8 Å². The molecule has 0 saturated heterocycles. The maximum atomic E-state index is 11.8. The van der Waals surface area contributed by atoms with Crippen LogP contribution in [0.3, 0.4) is 0 Å². The zero-order chi connectivity index (χ0) is 17.5. The van der Waals surface area contributed by atoms with Crippen LogP contribution in [0.15, 0.2) is 47.6 Å². The Labute approximate surface area is 148 Å². The number of phenols is 1. The van der Waals surface area contributed by atoms with Crippen molar-refractivity contribution >= 4 is 46.9 Å². The third kappa shape index (κ3) is 4.97. The predicted molar refractivity (Wildman–Crippen MR) is 93.6 cm³/mol. The number of para-hydroxylation sites is 1. The summed E-state index contributed by atoms with van der Waals surface area (Å²) >= 11 is 11.8. The molecule has 0 unspecified atom stereocenters. The van der Waals surface area contributed by atoms with E-state index in [1.165, 1.54) is 12.3 Å². The van der Waals surface area contributed by atoms with Crippen LogP contribution in [0.1, 0.15) is 12.0 Å². The first-order chi connectivity index (χ1) is 11.5. The van der Waals surface area contributed by atoms with Crippen molar-refractivity contribution in [3.63, 3.8) is 0 Å². The Kier molecular flexibility index (Phi) is 6.17. The molecule has 0 fully saturated rings. The second-order valence-electron chi connectivity index (χ2n) is 4.68. The van der Waals surface area contributed by atoms with Gasteiger partial charge in [-0.1, -0.05) is 41.4 Å². The molecule has 2 aromatic carbocycles. The number of hydrazone groups is 1. The van der Waals surface area contributed by atoms with Gasteiger partial charge in [-0.05, 0) is 24.3 Å². The molecular formula is C16H13Cl2N3O3. The number of phenolic OH excluding ortho intramolecular Hbond substituents is 1. The number of carbonyl (C=O) groups is 2. The van der Waals surface area contributed by atoms with Crippen LogP contribution in [0.5, 0.6) is 5.75 Å². The molecule has 2 aromatic rings. The lowest BCUT2D eigenvalue weighted by atomic mass is 10.2. The number of carbonyl (C=O) groups excluding carboxylic acids is 2. The van der Waals surface area contributed by atoms with Gasteiger partial charge >= 0.3 is 0 Å². The molecule has 0 aliphatic rings. The number of aromatic hydroxyl groups is 1. The van der Waals surface area contributed by atoms with Gasteiger partial charge in [0.25, 0.3) is 0 Å². The first-order valence-corrected chi connectivity index (χ1v) is 7.56. The van der Waals surface area contributed by atoms with Gasteiger partial charge in [0, 0.05) is 5.56 Å². The number of nitrogens with one attached hydrogen (secondary N) is 2. The minimum Gasteiger partial charge on any atom is -0.507 e. The first-order valence-electron chi connectivity index (χ1n) is 6.81. The second kappa shape index (κ2) is 8.33. The average Bonchev–Trinajstić information content (AvgIpc) is 2.53. The van der Waals surface area contributed by atoms with E-state index in [0.717, 1.165) is 0 Å². The highest BCUT2D eigenvalue weighted by Crippen LogP contribution is 2.29. The summed E-state index contributed by atoms with van der Waals surface area (Å²) in [5.41, 5.74) is 2.96. The van der Waals surface area contributed by atoms with Gasteiger partial charge in [-0.25, -0.2) is 5.43 Å². The molecule has 0 atom stereocenters. The minimum atomic E-state index is -0.614. The van der Waals surface area contributed by atoms with Gasteiger partial charge < -0.3 is 10.4 Å². The van der Waals surface area contributed by atoms with Gasteiger partial charge in [0.05, 0.1) is 21.9 Å². The fraction of sp³-hybridized carbons (Fsp3) is 0.0625. The highest BCUT2D eigenvalue weighted by molar-refractivity contribution is 6.44. The third-order valence-electron chi connectivity index (χ3n) is 2.88. The van der Waals surface area contributed by atoms with Crippen molar-refractivity contribution in [3.8, 4) is 5.75 Å². The fourth-order valence-corrected chi connectivity index (χ4v) is 2.10. The number of rotatable bonds is 5. The third-order valence-corrected chi connectivity index (χ3v) is 3.70. The van der Waals surface area contributed by atoms with Gasteiger partial charge in [0.2, 0.25) is 11.8 Å². The molecule has 0 spiro atoms. The SMILES string of the molecule is O=C(CC(=O)Nc1cccc(Cl)c1Cl)NN=Cc1ccccc1O. The van der Waals surface area contributed by atoms with Crippen molar-refractivity contribution in [2.75, 3.05) is 5.32 Å². The zero-order valence-corrected chi connectivity index (χ0v) is 13.8. The van der Waals surface area contributed by atoms with Crippen molar-refractivity contribution in [2.45, 2.75) is 6.42 Å². The molecule has 2 rings (SSSR count). The van der Waals surface area contributed by atoms with Crippen LogP contribution in [0.4, 0.5) is 5.69 Å². The molecule has 0 aliphatic carbocycles. The van der Waals surface area contributed by atoms with Crippen LogP contribution in [-0.2, 0) is 9.59 Å². The summed E-state index contributed by atoms with van der Waals surface area (Å²) in [5.74, 6) is -1.14. The lowest BCUT2D eigenvalue weighted by Gasteiger charge is -2.07. The van der Waals surface area contributed by atoms with E-state index in [4.69, 9.17) is 23.2 Å². The van der Waals surface area contributed by atoms with Crippen molar-refractivity contribution in [1.82, 2.24) is 5.43 Å². The van der Waals surface area contributed by atoms with E-state index in [0.29, 0.717) is 16.3 Å². The lowest BCUT2D eigenvalue weighted by molar-refractivity contribution is -0.126. The Bertz CT molecular complexity index is 794. The predicted octanol–water partition coefficient (Wildman–Crippen LogP) is 3.18. The Morgan fingerprint density at radius 1 is 1.08 bits per heavy atom. The maximum Gasteiger partial charge on any atom is 0.249 e. The first kappa shape index (κ1) is 17.8. The van der Waals surface area contributed by atoms with Crippen molar-refractivity contribution in [1.29, 1.82) is 0 Å². The normalized spacial score (nSPS) is 10.6. The monoisotopic (exact) mass is 365 g/mol. The summed E-state index contributed by atoms with van der Waals surface area (Å²) in [4.78, 5) is 23.5. The number of nitrogens with zero attached hydrogens (tertiary/aromatic N) is 1. The second-order valence-corrected chi connectivity index (χ2v) is 5.46. The van der Waals surface area contributed by atoms with Gasteiger partial charge in [-0.3, -0.25) is 9.59 Å². The molecule has 0 saturated carbocycles. The number of anilines is 1. The molecule has 3 N–H and O–H groups in total. The van der Waals surface area contributed by atoms with Crippen molar-refractivity contribution in [2.24, 2.45) is 5.10 Å². The van der Waals surface area contributed by atoms with Crippen LogP contribution >= 0.6 is 23.2 Å². The summed E-state index contributed by atoms with van der Waals surface area (Å²) in [6.07, 6.45) is 0.833. The van der Waals surface area contributed by atoms with Gasteiger partial charge in [-0.2, -0.15) is 5.10 Å². The molecular weight excluding hydrogens is 353 g/mol. The summed E-state index contributed by atoms with van der Waals surface area (Å²) < 4.78 is 0. The van der Waals surface area contributed by atoms with Gasteiger partial charge in [0.15, 0.2) is 0 Å². The number of benzene rings is 2. The number of hydrogen-bond donors (Lipinski definition) is 3. The Morgan fingerprint density at radius 3 is 2.58 bits per heavy atom. The summed E-state index contributed by atoms with van der Waals surface area (Å²) in [7, 11) is 0. The summed E-state index contributed by atoms with van der Waals surface area (Å²) in [5, 5.41) is 16.2. The van der Waals surface area contributed by atoms with E-state index in [9.17, 15) is 14.7 Å². The molecule has 2 amide bonds. The molecule has 0 aromatic heterocycles. The number of halogens is 2. The average molecular weight is 366 g/mol. The van der Waals surface area contributed by atoms with Crippen molar-refractivity contribution < 1.29 is 14.7 Å². The van der Waals surface area contributed by atoms with E-state index in [1.807, 2.05) is 0 Å². The molecule has 6 nitrogen and oxygen atoms in total. The van der Waals surface area contributed by atoms with Crippen LogP contribution in [0, 0.1) is 0 Å². The van der Waals surface area contributed by atoms with Crippen molar-refractivity contribution in [3.05, 3.63) is 58.1 Å². The van der Waals surface area contributed by atoms with E-state index < -0.39 is 18.2 Å². The minimum absolute atomic E-state index is 0.0313. The summed E-state index contributed by atoms with van der Waals surface area (Å²) in [6.45, 7) is 0. The molecule has 0 aliphatic heterocycles. The van der Waals surface area contributed by atoms with Crippen LogP contribution in [0.25, 0.3) is 0 Å². The Morgan fingerprint density at radius 2 is 1.83 bits per heavy atom. The van der Waals surface area contributed by atoms with E-state index in [1.54, 1.807) is 36.4 Å². The van der Waals surface area contributed by atoms with E-state index >= 15 is 0 Å². The molecule has 0 radical (unpaired) electrons. The van der Waals surface area contributed by atoms with Crippen LogP contribution in [-0.4, -0.2) is 23.1 Å². The molecule has 0 bridgehead atoms. The largest absolute Gasteiger partial charge is 0.507 e. The quantitative estimate of drug-likeness (QED) is 0.431. The van der Waals surface area contributed by atoms with Crippen LogP contribution < -0.4 is 10.7 Å². The fourth-order valence-electron chi connectivity index (χ4n) is 1.75. The van der Waals surface area contributed by atoms with Gasteiger partial charge in [-0.15, -0.1) is 0 Å². The zero-order valence-electron chi connectivity index (χ0n) is 12.3.